The van der Waals surface area contributed by atoms with Gasteiger partial charge in [-0.15, -0.1) is 14.5 Å². The summed E-state index contributed by atoms with van der Waals surface area (Å²) in [5, 5.41) is 18.7. The molecule has 1 aromatic heterocycles. The van der Waals surface area contributed by atoms with Crippen LogP contribution in [0.2, 0.25) is 0 Å². The van der Waals surface area contributed by atoms with Crippen LogP contribution in [0.5, 0.6) is 0 Å². The van der Waals surface area contributed by atoms with Crippen molar-refractivity contribution >= 4 is 16.4 Å². The van der Waals surface area contributed by atoms with Crippen LogP contribution in [0.25, 0.3) is 0 Å². The number of carbonyl (C=O) groups is 1. The Bertz CT molecular complexity index is 852. The van der Waals surface area contributed by atoms with E-state index in [1.165, 1.54) is 4.90 Å². The van der Waals surface area contributed by atoms with Gasteiger partial charge in [0.1, 0.15) is 12.1 Å². The maximum atomic E-state index is 12.7. The minimum Gasteiger partial charge on any atom is -0.420 e. The van der Waals surface area contributed by atoms with Crippen LogP contribution in [-0.2, 0) is 14.7 Å². The van der Waals surface area contributed by atoms with Crippen molar-refractivity contribution in [3.8, 4) is 0 Å². The first kappa shape index (κ1) is 18.6. The van der Waals surface area contributed by atoms with Crippen molar-refractivity contribution in [3.05, 3.63) is 11.8 Å². The Kier molecular flexibility index (Phi) is 4.19. The van der Waals surface area contributed by atoms with Crippen LogP contribution >= 0.6 is 0 Å². The monoisotopic (exact) mass is 403 g/mol. The van der Waals surface area contributed by atoms with Crippen molar-refractivity contribution in [3.63, 3.8) is 0 Å². The first-order valence-electron chi connectivity index (χ1n) is 8.52. The van der Waals surface area contributed by atoms with Gasteiger partial charge >= 0.3 is 16.4 Å². The molecule has 3 atom stereocenters. The number of fused-ring (bicyclic) bond motifs is 3. The number of hydrogen-bond acceptors (Lipinski definition) is 9. The number of hydrogen-bond donors (Lipinski definition) is 2. The summed E-state index contributed by atoms with van der Waals surface area (Å²) in [6.07, 6.45) is 1.15. The molecule has 2 aliphatic heterocycles. The molecular formula is C14H21N5O7S. The molecule has 0 aromatic carbocycles. The molecule has 2 N–H and O–H groups in total. The lowest BCUT2D eigenvalue weighted by molar-refractivity contribution is -0.0530. The molecule has 1 aromatic rings. The van der Waals surface area contributed by atoms with Gasteiger partial charge in [-0.2, -0.15) is 13.5 Å². The van der Waals surface area contributed by atoms with Gasteiger partial charge in [-0.3, -0.25) is 4.55 Å². The molecule has 1 saturated carbocycles. The first-order valence-corrected chi connectivity index (χ1v) is 9.89. The lowest BCUT2D eigenvalue weighted by Gasteiger charge is -2.34. The molecule has 0 radical (unpaired) electrons. The highest BCUT2D eigenvalue weighted by molar-refractivity contribution is 7.80. The van der Waals surface area contributed by atoms with E-state index in [0.29, 0.717) is 13.0 Å². The summed E-state index contributed by atoms with van der Waals surface area (Å²) >= 11 is 0. The second kappa shape index (κ2) is 6.10. The Labute approximate surface area is 155 Å². The van der Waals surface area contributed by atoms with E-state index in [9.17, 15) is 18.3 Å². The van der Waals surface area contributed by atoms with Crippen LogP contribution in [0.15, 0.2) is 4.42 Å². The lowest BCUT2D eigenvalue weighted by atomic mass is 9.85. The van der Waals surface area contributed by atoms with E-state index < -0.39 is 34.6 Å². The fourth-order valence-corrected chi connectivity index (χ4v) is 4.35. The minimum atomic E-state index is -4.81. The summed E-state index contributed by atoms with van der Waals surface area (Å²) in [5.74, 6) is 0.248. The van der Waals surface area contributed by atoms with E-state index in [0.717, 1.165) is 17.9 Å². The van der Waals surface area contributed by atoms with Gasteiger partial charge < -0.3 is 19.3 Å². The largest absolute Gasteiger partial charge is 0.420 e. The summed E-state index contributed by atoms with van der Waals surface area (Å²) in [4.78, 5) is 15.8. The highest BCUT2D eigenvalue weighted by Crippen LogP contribution is 2.61. The predicted molar refractivity (Wildman–Crippen MR) is 87.2 cm³/mol. The van der Waals surface area contributed by atoms with Crippen molar-refractivity contribution in [1.82, 2.24) is 25.1 Å². The summed E-state index contributed by atoms with van der Waals surface area (Å²) in [7, 11) is -1.22. The number of aromatic nitrogens is 2. The maximum absolute atomic E-state index is 12.7. The van der Waals surface area contributed by atoms with Crippen LogP contribution in [-0.4, -0.2) is 82.4 Å². The quantitative estimate of drug-likeness (QED) is 0.608. The van der Waals surface area contributed by atoms with E-state index in [1.54, 1.807) is 19.0 Å². The number of amides is 2. The number of aliphatic hydroxyl groups excluding tert-OH is 1. The summed E-state index contributed by atoms with van der Waals surface area (Å²) < 4.78 is 41.4. The van der Waals surface area contributed by atoms with E-state index in [-0.39, 0.29) is 23.7 Å². The van der Waals surface area contributed by atoms with Gasteiger partial charge in [-0.25, -0.2) is 4.79 Å². The normalized spacial score (nSPS) is 27.7. The second-order valence-electron chi connectivity index (χ2n) is 7.62. The third-order valence-electron chi connectivity index (χ3n) is 5.40. The molecule has 1 spiro atoms. The summed E-state index contributed by atoms with van der Waals surface area (Å²) in [6.45, 7) is 0.536. The molecule has 0 unspecified atom stereocenters. The topological polar surface area (TPSA) is 150 Å². The smallest absolute Gasteiger partial charge is 0.418 e. The predicted octanol–water partition coefficient (Wildman–Crippen LogP) is -0.270. The van der Waals surface area contributed by atoms with Crippen molar-refractivity contribution < 1.29 is 31.6 Å². The molecule has 12 nitrogen and oxygen atoms in total. The Morgan fingerprint density at radius 2 is 2.11 bits per heavy atom. The van der Waals surface area contributed by atoms with Gasteiger partial charge in [0.2, 0.25) is 11.8 Å². The zero-order valence-electron chi connectivity index (χ0n) is 14.8. The molecule has 2 bridgehead atoms. The molecular weight excluding hydrogens is 382 g/mol. The van der Waals surface area contributed by atoms with Crippen molar-refractivity contribution in [2.75, 3.05) is 27.2 Å². The SMILES string of the molecule is CN(C)C[C@H](O)c1nnc([C@@H]2CC3(CC3)[C@@H]3CN2C(=O)N3OS(=O)(=O)O)o1. The average molecular weight is 403 g/mol. The number of carbonyl (C=O) groups excluding carboxylic acids is 1. The number of likely N-dealkylation sites (N-methyl/N-ethyl adjacent to an activating group) is 1. The summed E-state index contributed by atoms with van der Waals surface area (Å²) in [6, 6.07) is -1.69. The van der Waals surface area contributed by atoms with Crippen LogP contribution in [0.1, 0.15) is 43.2 Å². The van der Waals surface area contributed by atoms with Crippen LogP contribution in [0, 0.1) is 5.41 Å². The molecule has 2 amide bonds. The number of hydroxylamine groups is 2. The molecule has 3 heterocycles. The molecule has 13 heteroatoms. The summed E-state index contributed by atoms with van der Waals surface area (Å²) in [5.41, 5.74) is -0.311. The average Bonchev–Trinajstić information content (AvgIpc) is 3.04. The molecule has 2 saturated heterocycles. The second-order valence-corrected chi connectivity index (χ2v) is 8.62. The third kappa shape index (κ3) is 3.29. The van der Waals surface area contributed by atoms with E-state index in [4.69, 9.17) is 8.97 Å². The minimum absolute atomic E-state index is 0.0587. The fraction of sp³-hybridized carbons (Fsp3) is 0.786. The van der Waals surface area contributed by atoms with E-state index in [2.05, 4.69) is 14.5 Å². The first-order chi connectivity index (χ1) is 12.6. The molecule has 4 rings (SSSR count). The zero-order chi connectivity index (χ0) is 19.6. The Morgan fingerprint density at radius 1 is 1.41 bits per heavy atom. The molecule has 3 aliphatic rings. The van der Waals surface area contributed by atoms with Gasteiger partial charge in [0.05, 0.1) is 6.04 Å². The number of nitrogens with zero attached hydrogens (tertiary/aromatic N) is 5. The van der Waals surface area contributed by atoms with Crippen LogP contribution < -0.4 is 0 Å². The molecule has 150 valence electrons. The number of rotatable bonds is 6. The van der Waals surface area contributed by atoms with Gasteiger partial charge in [0.25, 0.3) is 0 Å². The highest BCUT2D eigenvalue weighted by Gasteiger charge is 2.64. The number of aliphatic hydroxyl groups is 1. The van der Waals surface area contributed by atoms with Crippen molar-refractivity contribution in [1.29, 1.82) is 0 Å². The van der Waals surface area contributed by atoms with Crippen molar-refractivity contribution in [2.45, 2.75) is 37.5 Å². The standard InChI is InChI=1S/C14H21N5O7S/c1-17(2)6-9(20)12-16-15-11(25-12)8-5-14(3-4-14)10-7-18(8)13(21)19(10)26-27(22,23)24/h8-10,20H,3-7H2,1-2H3,(H,22,23,24)/t8-,9-,10-/m0/s1. The van der Waals surface area contributed by atoms with Crippen LogP contribution in [0.3, 0.4) is 0 Å². The molecule has 3 fully saturated rings. The number of urea groups is 1. The Hall–Kier alpha value is -1.80. The third-order valence-corrected chi connectivity index (χ3v) is 5.75. The van der Waals surface area contributed by atoms with Crippen LogP contribution in [0.4, 0.5) is 4.79 Å². The van der Waals surface area contributed by atoms with Gasteiger partial charge in [-0.05, 0) is 38.8 Å². The zero-order valence-corrected chi connectivity index (χ0v) is 15.7. The van der Waals surface area contributed by atoms with Gasteiger partial charge in [0, 0.05) is 13.1 Å². The molecule has 1 aliphatic carbocycles. The highest BCUT2D eigenvalue weighted by atomic mass is 32.3. The van der Waals surface area contributed by atoms with Gasteiger partial charge in [0.15, 0.2) is 0 Å². The van der Waals surface area contributed by atoms with Crippen molar-refractivity contribution in [2.24, 2.45) is 5.41 Å². The van der Waals surface area contributed by atoms with E-state index in [1.807, 2.05) is 0 Å². The molecule has 27 heavy (non-hydrogen) atoms. The fourth-order valence-electron chi connectivity index (χ4n) is 3.98. The van der Waals surface area contributed by atoms with E-state index >= 15 is 0 Å². The Morgan fingerprint density at radius 3 is 2.70 bits per heavy atom. The Balaban J connectivity index is 1.59. The number of piperidine rings is 1. The maximum Gasteiger partial charge on any atom is 0.418 e. The lowest BCUT2D eigenvalue weighted by Crippen LogP contribution is -2.43. The van der Waals surface area contributed by atoms with Gasteiger partial charge in [-0.1, -0.05) is 0 Å².